The van der Waals surface area contributed by atoms with Crippen LogP contribution < -0.4 is 10.5 Å². The Labute approximate surface area is 77.9 Å². The van der Waals surface area contributed by atoms with Crippen LogP contribution >= 0.6 is 0 Å². The molecule has 1 aromatic heterocycles. The maximum atomic E-state index is 5.46. The summed E-state index contributed by atoms with van der Waals surface area (Å²) in [5, 5.41) is 0. The van der Waals surface area contributed by atoms with Crippen LogP contribution in [-0.2, 0) is 0 Å². The van der Waals surface area contributed by atoms with Crippen LogP contribution in [0.5, 0.6) is 5.88 Å². The number of pyridine rings is 1. The van der Waals surface area contributed by atoms with Crippen molar-refractivity contribution >= 4 is 5.69 Å². The molecule has 0 aliphatic rings. The number of hydrogen-bond donors (Lipinski definition) is 1. The Morgan fingerprint density at radius 3 is 2.69 bits per heavy atom. The first-order chi connectivity index (χ1) is 6.03. The van der Waals surface area contributed by atoms with E-state index >= 15 is 0 Å². The molecule has 0 atom stereocenters. The molecule has 3 heteroatoms. The van der Waals surface area contributed by atoms with Crippen molar-refractivity contribution in [1.82, 2.24) is 4.98 Å². The van der Waals surface area contributed by atoms with Crippen LogP contribution in [-0.4, -0.2) is 10.6 Å². The fourth-order valence-electron chi connectivity index (χ4n) is 0.743. The van der Waals surface area contributed by atoms with E-state index in [9.17, 15) is 0 Å². The van der Waals surface area contributed by atoms with E-state index in [1.165, 1.54) is 6.20 Å². The Balaban J connectivity index is 2.77. The fraction of sp³-hybridized carbons (Fsp3) is 0.300. The fourth-order valence-corrected chi connectivity index (χ4v) is 0.743. The lowest BCUT2D eigenvalue weighted by Crippen LogP contribution is -2.25. The lowest BCUT2D eigenvalue weighted by atomic mass is 10.1. The molecule has 0 aliphatic carbocycles. The summed E-state index contributed by atoms with van der Waals surface area (Å²) in [6, 6.07) is 3.41. The maximum absolute atomic E-state index is 5.46. The minimum Gasteiger partial charge on any atom is -0.458 e. The molecule has 0 aromatic carbocycles. The second kappa shape index (κ2) is 3.36. The monoisotopic (exact) mass is 176 g/mol. The van der Waals surface area contributed by atoms with Crippen molar-refractivity contribution in [2.45, 2.75) is 19.4 Å². The maximum Gasteiger partial charge on any atom is 0.214 e. The molecular weight excluding hydrogens is 164 g/mol. The van der Waals surface area contributed by atoms with Gasteiger partial charge in [-0.1, -0.05) is 5.92 Å². The van der Waals surface area contributed by atoms with Crippen molar-refractivity contribution in [2.24, 2.45) is 0 Å². The zero-order chi connectivity index (χ0) is 9.90. The first kappa shape index (κ1) is 9.40. The van der Waals surface area contributed by atoms with Gasteiger partial charge in [0.2, 0.25) is 5.88 Å². The number of rotatable bonds is 2. The van der Waals surface area contributed by atoms with E-state index in [0.717, 1.165) is 0 Å². The molecule has 1 aromatic rings. The van der Waals surface area contributed by atoms with Crippen molar-refractivity contribution in [3.63, 3.8) is 0 Å². The van der Waals surface area contributed by atoms with Gasteiger partial charge in [0.15, 0.2) is 5.60 Å². The first-order valence-corrected chi connectivity index (χ1v) is 3.92. The molecule has 0 aliphatic heterocycles. The van der Waals surface area contributed by atoms with Gasteiger partial charge in [-0.2, -0.15) is 0 Å². The minimum absolute atomic E-state index is 0.483. The zero-order valence-corrected chi connectivity index (χ0v) is 7.74. The van der Waals surface area contributed by atoms with Crippen LogP contribution in [0.2, 0.25) is 0 Å². The van der Waals surface area contributed by atoms with Crippen molar-refractivity contribution in [3.8, 4) is 18.2 Å². The average Bonchev–Trinajstić information content (AvgIpc) is 2.09. The molecule has 0 bridgehead atoms. The second-order valence-corrected chi connectivity index (χ2v) is 3.19. The molecule has 0 spiro atoms. The van der Waals surface area contributed by atoms with E-state index < -0.39 is 5.60 Å². The van der Waals surface area contributed by atoms with Crippen LogP contribution in [0.3, 0.4) is 0 Å². The average molecular weight is 176 g/mol. The second-order valence-electron chi connectivity index (χ2n) is 3.19. The van der Waals surface area contributed by atoms with Crippen LogP contribution in [0, 0.1) is 12.3 Å². The summed E-state index contributed by atoms with van der Waals surface area (Å²) < 4.78 is 5.40. The Kier molecular flexibility index (Phi) is 2.43. The van der Waals surface area contributed by atoms with Gasteiger partial charge in [-0.3, -0.25) is 0 Å². The quantitative estimate of drug-likeness (QED) is 0.694. The number of aromatic nitrogens is 1. The largest absolute Gasteiger partial charge is 0.458 e. The van der Waals surface area contributed by atoms with Crippen LogP contribution in [0.4, 0.5) is 5.69 Å². The van der Waals surface area contributed by atoms with Crippen molar-refractivity contribution in [3.05, 3.63) is 18.3 Å². The Morgan fingerprint density at radius 1 is 1.54 bits per heavy atom. The number of nitrogens with zero attached hydrogens (tertiary/aromatic N) is 1. The minimum atomic E-state index is -0.636. The number of ether oxygens (including phenoxy) is 1. The van der Waals surface area contributed by atoms with Gasteiger partial charge in [0.25, 0.3) is 0 Å². The third-order valence-electron chi connectivity index (χ3n) is 1.47. The normalized spacial score (nSPS) is 10.5. The van der Waals surface area contributed by atoms with Gasteiger partial charge in [-0.25, -0.2) is 4.98 Å². The summed E-state index contributed by atoms with van der Waals surface area (Å²) in [7, 11) is 0. The third kappa shape index (κ3) is 2.68. The van der Waals surface area contributed by atoms with Gasteiger partial charge in [0, 0.05) is 6.07 Å². The lowest BCUT2D eigenvalue weighted by Gasteiger charge is -2.18. The molecule has 0 unspecified atom stereocenters. The molecule has 0 fully saturated rings. The summed E-state index contributed by atoms with van der Waals surface area (Å²) in [5.41, 5.74) is 5.43. The molecule has 0 saturated carbocycles. The standard InChI is InChI=1S/C10H12N2O/c1-4-10(2,3)13-9-6-5-8(11)7-12-9/h1,5-7H,11H2,2-3H3. The highest BCUT2D eigenvalue weighted by Crippen LogP contribution is 2.15. The number of terminal acetylenes is 1. The van der Waals surface area contributed by atoms with Gasteiger partial charge in [-0.05, 0) is 19.9 Å². The van der Waals surface area contributed by atoms with Crippen molar-refractivity contribution in [2.75, 3.05) is 5.73 Å². The van der Waals surface area contributed by atoms with Crippen LogP contribution in [0.1, 0.15) is 13.8 Å². The van der Waals surface area contributed by atoms with E-state index in [1.54, 1.807) is 26.0 Å². The highest BCUT2D eigenvalue weighted by molar-refractivity contribution is 5.36. The number of hydrogen-bond acceptors (Lipinski definition) is 3. The highest BCUT2D eigenvalue weighted by Gasteiger charge is 2.15. The van der Waals surface area contributed by atoms with E-state index in [1.807, 2.05) is 0 Å². The lowest BCUT2D eigenvalue weighted by molar-refractivity contribution is 0.165. The molecule has 2 N–H and O–H groups in total. The molecular formula is C10H12N2O. The van der Waals surface area contributed by atoms with Gasteiger partial charge in [0.1, 0.15) is 0 Å². The predicted molar refractivity (Wildman–Crippen MR) is 52.2 cm³/mol. The molecule has 1 heterocycles. The van der Waals surface area contributed by atoms with E-state index in [4.69, 9.17) is 16.9 Å². The summed E-state index contributed by atoms with van der Waals surface area (Å²) in [6.07, 6.45) is 6.79. The van der Waals surface area contributed by atoms with Crippen molar-refractivity contribution < 1.29 is 4.74 Å². The van der Waals surface area contributed by atoms with Gasteiger partial charge in [0.05, 0.1) is 11.9 Å². The summed E-state index contributed by atoms with van der Waals surface area (Å²) in [5.74, 6) is 2.99. The van der Waals surface area contributed by atoms with Gasteiger partial charge < -0.3 is 10.5 Å². The topological polar surface area (TPSA) is 48.1 Å². The Bertz CT molecular complexity index is 322. The van der Waals surface area contributed by atoms with Crippen molar-refractivity contribution in [1.29, 1.82) is 0 Å². The predicted octanol–water partition coefficient (Wildman–Crippen LogP) is 1.45. The smallest absolute Gasteiger partial charge is 0.214 e. The van der Waals surface area contributed by atoms with E-state index in [-0.39, 0.29) is 0 Å². The first-order valence-electron chi connectivity index (χ1n) is 3.92. The molecule has 3 nitrogen and oxygen atoms in total. The number of nitrogens with two attached hydrogens (primary N) is 1. The third-order valence-corrected chi connectivity index (χ3v) is 1.47. The number of anilines is 1. The Hall–Kier alpha value is -1.69. The molecule has 68 valence electrons. The number of nitrogen functional groups attached to an aromatic ring is 1. The van der Waals surface area contributed by atoms with E-state index in [0.29, 0.717) is 11.6 Å². The molecule has 0 radical (unpaired) electrons. The molecule has 13 heavy (non-hydrogen) atoms. The zero-order valence-electron chi connectivity index (χ0n) is 7.74. The van der Waals surface area contributed by atoms with Crippen LogP contribution in [0.25, 0.3) is 0 Å². The summed E-state index contributed by atoms with van der Waals surface area (Å²) in [4.78, 5) is 3.97. The molecule has 0 amide bonds. The van der Waals surface area contributed by atoms with Gasteiger partial charge in [-0.15, -0.1) is 6.42 Å². The summed E-state index contributed by atoms with van der Waals surface area (Å²) >= 11 is 0. The highest BCUT2D eigenvalue weighted by atomic mass is 16.5. The van der Waals surface area contributed by atoms with Crippen LogP contribution in [0.15, 0.2) is 18.3 Å². The Morgan fingerprint density at radius 2 is 2.23 bits per heavy atom. The summed E-state index contributed by atoms with van der Waals surface area (Å²) in [6.45, 7) is 3.59. The van der Waals surface area contributed by atoms with Gasteiger partial charge >= 0.3 is 0 Å². The molecule has 0 saturated heterocycles. The van der Waals surface area contributed by atoms with E-state index in [2.05, 4.69) is 10.9 Å². The SMILES string of the molecule is C#CC(C)(C)Oc1ccc(N)cn1. The molecule has 1 rings (SSSR count).